The lowest BCUT2D eigenvalue weighted by molar-refractivity contribution is -0.142. The number of hydrogen-bond donors (Lipinski definition) is 3. The van der Waals surface area contributed by atoms with Crippen LogP contribution in [0.5, 0.6) is 0 Å². The summed E-state index contributed by atoms with van der Waals surface area (Å²) in [6, 6.07) is 3.18. The maximum absolute atomic E-state index is 11.7. The molecule has 1 aromatic heterocycles. The van der Waals surface area contributed by atoms with Crippen LogP contribution in [0.2, 0.25) is 10.0 Å². The summed E-state index contributed by atoms with van der Waals surface area (Å²) in [5, 5.41) is 22.7. The zero-order valence-corrected chi connectivity index (χ0v) is 20.0. The number of aromatic nitrogens is 2. The highest BCUT2D eigenvalue weighted by atomic mass is 35.5. The number of nitrogens with one attached hydrogen (secondary N) is 1. The number of carbonyl (C=O) groups is 2. The topological polar surface area (TPSA) is 185 Å². The average Bonchev–Trinajstić information content (AvgIpc) is 3.04. The van der Waals surface area contributed by atoms with Crippen LogP contribution in [0.25, 0.3) is 0 Å². The smallest absolute Gasteiger partial charge is 0.321 e. The van der Waals surface area contributed by atoms with Crippen LogP contribution in [0.3, 0.4) is 0 Å². The lowest BCUT2D eigenvalue weighted by atomic mass is 10.0. The molecule has 14 heteroatoms. The van der Waals surface area contributed by atoms with E-state index in [-0.39, 0.29) is 12.3 Å². The molecule has 0 amide bonds. The van der Waals surface area contributed by atoms with Crippen LogP contribution >= 0.6 is 23.2 Å². The van der Waals surface area contributed by atoms with Gasteiger partial charge in [-0.15, -0.1) is 0 Å². The highest BCUT2D eigenvalue weighted by molar-refractivity contribution is 7.79. The van der Waals surface area contributed by atoms with E-state index in [9.17, 15) is 19.8 Å². The third-order valence-electron chi connectivity index (χ3n) is 4.19. The Morgan fingerprint density at radius 2 is 1.61 bits per heavy atom. The number of rotatable bonds is 10. The van der Waals surface area contributed by atoms with E-state index in [1.165, 1.54) is 0 Å². The normalized spacial score (nSPS) is 13.2. The largest absolute Gasteiger partial charge is 0.759 e. The molecule has 2 aromatic rings. The molecular weight excluding hydrogens is 501 g/mol. The number of carboxylic acids is 2. The molecule has 0 saturated carbocycles. The van der Waals surface area contributed by atoms with Gasteiger partial charge in [-0.1, -0.05) is 37.0 Å². The van der Waals surface area contributed by atoms with E-state index in [1.807, 2.05) is 13.8 Å². The molecule has 0 saturated heterocycles. The molecular formula is C19H23Cl2N3O8S-2. The Morgan fingerprint density at radius 1 is 1.09 bits per heavy atom. The lowest BCUT2D eigenvalue weighted by Crippen LogP contribution is -2.49. The van der Waals surface area contributed by atoms with E-state index >= 15 is 0 Å². The summed E-state index contributed by atoms with van der Waals surface area (Å²) in [7, 11) is -5.17. The number of hydrogen-bond acceptors (Lipinski definition) is 8. The van der Waals surface area contributed by atoms with Gasteiger partial charge in [0.25, 0.3) is 0 Å². The van der Waals surface area contributed by atoms with Crippen molar-refractivity contribution in [1.82, 2.24) is 14.9 Å². The van der Waals surface area contributed by atoms with E-state index < -0.39 is 34.4 Å². The van der Waals surface area contributed by atoms with Gasteiger partial charge < -0.3 is 23.9 Å². The zero-order valence-electron chi connectivity index (χ0n) is 17.6. The van der Waals surface area contributed by atoms with Gasteiger partial charge in [-0.05, 0) is 36.1 Å². The molecule has 0 aliphatic heterocycles. The molecule has 2 atom stereocenters. The van der Waals surface area contributed by atoms with Crippen molar-refractivity contribution in [1.29, 1.82) is 0 Å². The summed E-state index contributed by atoms with van der Waals surface area (Å²) in [5.74, 6) is -2.07. The molecule has 0 spiro atoms. The fraction of sp³-hybridized carbons (Fsp3) is 0.421. The fourth-order valence-corrected chi connectivity index (χ4v) is 3.51. The number of aliphatic carboxylic acids is 2. The van der Waals surface area contributed by atoms with Gasteiger partial charge in [0, 0.05) is 45.3 Å². The number of benzene rings is 1. The zero-order chi connectivity index (χ0) is 25.3. The first-order valence-corrected chi connectivity index (χ1v) is 11.6. The predicted molar refractivity (Wildman–Crippen MR) is 117 cm³/mol. The lowest BCUT2D eigenvalue weighted by Gasteiger charge is -2.22. The molecule has 1 heterocycles. The summed E-state index contributed by atoms with van der Waals surface area (Å²) < 4.78 is 35.9. The van der Waals surface area contributed by atoms with Gasteiger partial charge in [0.15, 0.2) is 0 Å². The average molecular weight is 524 g/mol. The molecule has 1 aromatic carbocycles. The summed E-state index contributed by atoms with van der Waals surface area (Å²) in [6.45, 7) is 4.19. The molecule has 3 N–H and O–H groups in total. The Balaban J connectivity index is 0.000000981. The quantitative estimate of drug-likeness (QED) is 0.307. The maximum atomic E-state index is 11.7. The molecule has 0 bridgehead atoms. The molecule has 0 aliphatic rings. The number of halogens is 2. The summed E-state index contributed by atoms with van der Waals surface area (Å²) in [5.41, 5.74) is 1.50. The highest BCUT2D eigenvalue weighted by Crippen LogP contribution is 2.20. The minimum atomic E-state index is -5.17. The second kappa shape index (κ2) is 12.9. The van der Waals surface area contributed by atoms with Crippen molar-refractivity contribution in [2.24, 2.45) is 5.92 Å². The second-order valence-electron chi connectivity index (χ2n) is 7.48. The van der Waals surface area contributed by atoms with Crippen LogP contribution in [0, 0.1) is 5.92 Å². The SMILES string of the molecule is CC(C)C[C@H](N[C@@H](Cc1cncn1Cc1cc(Cl)cc(Cl)c1)C(=O)O)C(=O)O.O=S(=O)([O-])[O-]. The first-order valence-electron chi connectivity index (χ1n) is 9.48. The van der Waals surface area contributed by atoms with Gasteiger partial charge in [-0.25, -0.2) is 4.98 Å². The Bertz CT molecular complexity index is 1030. The van der Waals surface area contributed by atoms with Crippen molar-refractivity contribution in [3.8, 4) is 0 Å². The molecule has 184 valence electrons. The van der Waals surface area contributed by atoms with Crippen molar-refractivity contribution in [2.45, 2.75) is 45.3 Å². The number of carboxylic acid groups (broad SMARTS) is 2. The first kappa shape index (κ1) is 28.8. The van der Waals surface area contributed by atoms with E-state index in [0.717, 1.165) is 5.56 Å². The predicted octanol–water partition coefficient (Wildman–Crippen LogP) is 1.98. The van der Waals surface area contributed by atoms with Crippen molar-refractivity contribution < 1.29 is 37.3 Å². The second-order valence-corrected chi connectivity index (χ2v) is 9.17. The molecule has 0 fully saturated rings. The summed E-state index contributed by atoms with van der Waals surface area (Å²) in [6.07, 6.45) is 3.58. The van der Waals surface area contributed by atoms with Crippen LogP contribution in [0.4, 0.5) is 0 Å². The monoisotopic (exact) mass is 523 g/mol. The van der Waals surface area contributed by atoms with Crippen molar-refractivity contribution in [3.05, 3.63) is 52.0 Å². The molecule has 2 rings (SSSR count). The van der Waals surface area contributed by atoms with E-state index in [1.54, 1.807) is 35.3 Å². The van der Waals surface area contributed by atoms with Gasteiger partial charge in [-0.2, -0.15) is 0 Å². The van der Waals surface area contributed by atoms with Crippen LogP contribution in [0.15, 0.2) is 30.7 Å². The van der Waals surface area contributed by atoms with E-state index in [4.69, 9.17) is 40.7 Å². The summed E-state index contributed by atoms with van der Waals surface area (Å²) >= 11 is 12.1. The van der Waals surface area contributed by atoms with Gasteiger partial charge in [-0.3, -0.25) is 23.3 Å². The summed E-state index contributed by atoms with van der Waals surface area (Å²) in [4.78, 5) is 27.3. The Morgan fingerprint density at radius 3 is 2.06 bits per heavy atom. The molecule has 33 heavy (non-hydrogen) atoms. The van der Waals surface area contributed by atoms with Crippen molar-refractivity contribution >= 4 is 45.5 Å². The van der Waals surface area contributed by atoms with Gasteiger partial charge >= 0.3 is 11.9 Å². The third kappa shape index (κ3) is 12.0. The van der Waals surface area contributed by atoms with E-state index in [0.29, 0.717) is 28.7 Å². The number of imidazole rings is 1. The van der Waals surface area contributed by atoms with E-state index in [2.05, 4.69) is 10.3 Å². The van der Waals surface area contributed by atoms with Crippen molar-refractivity contribution in [2.75, 3.05) is 0 Å². The van der Waals surface area contributed by atoms with Gasteiger partial charge in [0.05, 0.1) is 6.33 Å². The standard InChI is InChI=1S/C19H23Cl2N3O4.H2O4S/c1-11(2)3-16(18(25)26)23-17(19(27)28)7-15-8-22-10-24(15)9-12-4-13(20)6-14(21)5-12;1-5(2,3)4/h4-6,8,10-11,16-17,23H,3,7,9H2,1-2H3,(H,25,26)(H,27,28);(H2,1,2,3,4)/p-2/t16-,17-;/m0./s1. The van der Waals surface area contributed by atoms with Crippen LogP contribution < -0.4 is 5.32 Å². The van der Waals surface area contributed by atoms with Gasteiger partial charge in [0.2, 0.25) is 0 Å². The van der Waals surface area contributed by atoms with Crippen LogP contribution in [-0.4, -0.2) is 61.3 Å². The van der Waals surface area contributed by atoms with Crippen molar-refractivity contribution in [3.63, 3.8) is 0 Å². The Kier molecular flexibility index (Phi) is 11.2. The van der Waals surface area contributed by atoms with Crippen LogP contribution in [0.1, 0.15) is 31.5 Å². The molecule has 0 unspecified atom stereocenters. The minimum Gasteiger partial charge on any atom is -0.759 e. The first-order chi connectivity index (χ1) is 15.2. The number of nitrogens with zero attached hydrogens (tertiary/aromatic N) is 2. The van der Waals surface area contributed by atoms with Crippen LogP contribution in [-0.2, 0) is 33.0 Å². The fourth-order valence-electron chi connectivity index (χ4n) is 2.94. The molecule has 11 nitrogen and oxygen atoms in total. The minimum absolute atomic E-state index is 0.0888. The Hall–Kier alpha value is -2.22. The molecule has 0 aliphatic carbocycles. The van der Waals surface area contributed by atoms with Gasteiger partial charge in [0.1, 0.15) is 12.1 Å². The molecule has 0 radical (unpaired) electrons. The highest BCUT2D eigenvalue weighted by Gasteiger charge is 2.27. The maximum Gasteiger partial charge on any atom is 0.321 e. The third-order valence-corrected chi connectivity index (χ3v) is 4.63. The Labute approximate surface area is 200 Å².